The van der Waals surface area contributed by atoms with Crippen LogP contribution < -0.4 is 0 Å². The Morgan fingerprint density at radius 2 is 1.82 bits per heavy atom. The number of ether oxygens (including phenoxy) is 1. The van der Waals surface area contributed by atoms with Gasteiger partial charge in [-0.3, -0.25) is 0 Å². The molecule has 1 aliphatic rings. The maximum atomic E-state index is 6.03. The predicted molar refractivity (Wildman–Crippen MR) is 71.6 cm³/mol. The minimum Gasteiger partial charge on any atom is -0.471 e. The van der Waals surface area contributed by atoms with Gasteiger partial charge in [0, 0.05) is 12.0 Å². The molecule has 2 heteroatoms. The Bertz CT molecular complexity index is 452. The minimum absolute atomic E-state index is 0.115. The second-order valence-corrected chi connectivity index (χ2v) is 6.28. The van der Waals surface area contributed by atoms with Gasteiger partial charge in [-0.05, 0) is 46.2 Å². The van der Waals surface area contributed by atoms with Gasteiger partial charge in [-0.2, -0.15) is 0 Å². The number of hydrogen-bond acceptors (Lipinski definition) is 2. The summed E-state index contributed by atoms with van der Waals surface area (Å²) in [4.78, 5) is 4.70. The van der Waals surface area contributed by atoms with Crippen molar-refractivity contribution in [2.75, 3.05) is 0 Å². The Balaban J connectivity index is 2.51. The molecule has 1 heterocycles. The van der Waals surface area contributed by atoms with Gasteiger partial charge in [0.2, 0.25) is 5.90 Å². The first-order valence-corrected chi connectivity index (χ1v) is 6.14. The zero-order valence-corrected chi connectivity index (χ0v) is 11.4. The largest absolute Gasteiger partial charge is 0.471 e. The van der Waals surface area contributed by atoms with E-state index in [0.29, 0.717) is 0 Å². The minimum atomic E-state index is -0.168. The molecule has 0 saturated heterocycles. The van der Waals surface area contributed by atoms with Gasteiger partial charge >= 0.3 is 0 Å². The van der Waals surface area contributed by atoms with Crippen LogP contribution in [0.3, 0.4) is 0 Å². The molecule has 0 fully saturated rings. The summed E-state index contributed by atoms with van der Waals surface area (Å²) in [5.41, 5.74) is 2.18. The maximum absolute atomic E-state index is 6.03. The van der Waals surface area contributed by atoms with Crippen LogP contribution >= 0.6 is 0 Å². The van der Waals surface area contributed by atoms with Crippen LogP contribution in [0.25, 0.3) is 0 Å². The summed E-state index contributed by atoms with van der Waals surface area (Å²) in [5.74, 6) is 0.782. The summed E-state index contributed by atoms with van der Waals surface area (Å²) in [6, 6.07) is 8.38. The van der Waals surface area contributed by atoms with Crippen LogP contribution in [-0.4, -0.2) is 17.0 Å². The van der Waals surface area contributed by atoms with Crippen molar-refractivity contribution in [3.63, 3.8) is 0 Å². The van der Waals surface area contributed by atoms with Crippen LogP contribution in [0.15, 0.2) is 29.3 Å². The number of aliphatic imine (C=N–C) groups is 1. The summed E-state index contributed by atoms with van der Waals surface area (Å²) in [6.07, 6.45) is 0.937. The van der Waals surface area contributed by atoms with Crippen LogP contribution in [0.2, 0.25) is 0 Å². The highest BCUT2D eigenvalue weighted by Gasteiger charge is 2.31. The summed E-state index contributed by atoms with van der Waals surface area (Å²) in [6.45, 7) is 10.5. The van der Waals surface area contributed by atoms with Crippen LogP contribution in [0, 0.1) is 0 Å². The molecule has 2 nitrogen and oxygen atoms in total. The molecule has 0 unspecified atom stereocenters. The van der Waals surface area contributed by atoms with E-state index in [9.17, 15) is 0 Å². The van der Waals surface area contributed by atoms with E-state index in [1.165, 1.54) is 5.56 Å². The van der Waals surface area contributed by atoms with Crippen LogP contribution in [0.1, 0.15) is 45.7 Å². The Kier molecular flexibility index (Phi) is 2.76. The Morgan fingerprint density at radius 1 is 1.18 bits per heavy atom. The fourth-order valence-corrected chi connectivity index (χ4v) is 2.08. The predicted octanol–water partition coefficient (Wildman–Crippen LogP) is 3.58. The summed E-state index contributed by atoms with van der Waals surface area (Å²) in [7, 11) is 0. The quantitative estimate of drug-likeness (QED) is 0.668. The zero-order valence-electron chi connectivity index (χ0n) is 11.4. The number of rotatable bonds is 0. The highest BCUT2D eigenvalue weighted by molar-refractivity contribution is 5.97. The van der Waals surface area contributed by atoms with E-state index in [-0.39, 0.29) is 11.1 Å². The molecule has 0 spiro atoms. The molecule has 0 radical (unpaired) electrons. The molecule has 92 valence electrons. The van der Waals surface area contributed by atoms with E-state index in [1.54, 1.807) is 0 Å². The first-order chi connectivity index (χ1) is 7.77. The van der Waals surface area contributed by atoms with Gasteiger partial charge < -0.3 is 4.74 Å². The van der Waals surface area contributed by atoms with E-state index < -0.39 is 0 Å². The topological polar surface area (TPSA) is 21.6 Å². The van der Waals surface area contributed by atoms with Gasteiger partial charge in [0.05, 0.1) is 5.54 Å². The van der Waals surface area contributed by atoms with Gasteiger partial charge in [0.15, 0.2) is 0 Å². The second-order valence-electron chi connectivity index (χ2n) is 6.28. The van der Waals surface area contributed by atoms with Crippen molar-refractivity contribution in [3.8, 4) is 0 Å². The van der Waals surface area contributed by atoms with E-state index in [4.69, 9.17) is 9.73 Å². The average Bonchev–Trinajstić information content (AvgIpc) is 2.13. The second kappa shape index (κ2) is 3.86. The van der Waals surface area contributed by atoms with Gasteiger partial charge in [-0.1, -0.05) is 18.2 Å². The van der Waals surface area contributed by atoms with E-state index >= 15 is 0 Å². The molecule has 17 heavy (non-hydrogen) atoms. The van der Waals surface area contributed by atoms with Crippen molar-refractivity contribution in [1.29, 1.82) is 0 Å². The third kappa shape index (κ3) is 2.87. The van der Waals surface area contributed by atoms with Crippen molar-refractivity contribution >= 4 is 5.90 Å². The summed E-state index contributed by atoms with van der Waals surface area (Å²) in [5, 5.41) is 0. The molecule has 0 aromatic heterocycles. The monoisotopic (exact) mass is 231 g/mol. The first kappa shape index (κ1) is 12.2. The van der Waals surface area contributed by atoms with E-state index in [0.717, 1.165) is 17.9 Å². The van der Waals surface area contributed by atoms with Crippen molar-refractivity contribution in [1.82, 2.24) is 0 Å². The van der Waals surface area contributed by atoms with Gasteiger partial charge in [-0.15, -0.1) is 0 Å². The molecule has 0 aliphatic carbocycles. The van der Waals surface area contributed by atoms with Crippen molar-refractivity contribution < 1.29 is 4.74 Å². The third-order valence-electron chi connectivity index (χ3n) is 2.67. The number of hydrogen-bond donors (Lipinski definition) is 0. The van der Waals surface area contributed by atoms with Crippen LogP contribution in [0.5, 0.6) is 0 Å². The number of nitrogens with zero attached hydrogens (tertiary/aromatic N) is 1. The molecular formula is C15H21NO. The lowest BCUT2D eigenvalue weighted by Crippen LogP contribution is -2.37. The molecule has 0 bridgehead atoms. The molecular weight excluding hydrogens is 210 g/mol. The fourth-order valence-electron chi connectivity index (χ4n) is 2.08. The first-order valence-electron chi connectivity index (χ1n) is 6.14. The maximum Gasteiger partial charge on any atom is 0.217 e. The standard InChI is InChI=1S/C15H21NO/c1-14(2,3)16-13-12-9-7-6-8-11(12)10-15(4,5)17-13/h6-9H,10H2,1-5H3. The lowest BCUT2D eigenvalue weighted by atomic mass is 9.91. The lowest BCUT2D eigenvalue weighted by molar-refractivity contribution is 0.0878. The zero-order chi connectivity index (χ0) is 12.7. The molecule has 0 amide bonds. The third-order valence-corrected chi connectivity index (χ3v) is 2.67. The summed E-state index contributed by atoms with van der Waals surface area (Å²) < 4.78 is 6.03. The highest BCUT2D eigenvalue weighted by atomic mass is 16.5. The molecule has 1 aromatic carbocycles. The molecule has 1 aromatic rings. The molecule has 0 atom stereocenters. The molecule has 0 N–H and O–H groups in total. The van der Waals surface area contributed by atoms with Crippen molar-refractivity contribution in [2.24, 2.45) is 4.99 Å². The smallest absolute Gasteiger partial charge is 0.217 e. The van der Waals surface area contributed by atoms with E-state index in [2.05, 4.69) is 52.8 Å². The number of benzene rings is 1. The molecule has 1 aliphatic heterocycles. The normalized spacial score (nSPS) is 20.9. The average molecular weight is 231 g/mol. The Hall–Kier alpha value is -1.31. The van der Waals surface area contributed by atoms with Gasteiger partial charge in [-0.25, -0.2) is 4.99 Å². The van der Waals surface area contributed by atoms with Crippen molar-refractivity contribution in [3.05, 3.63) is 35.4 Å². The SMILES string of the molecule is CC(C)(C)N=C1OC(C)(C)Cc2ccccc21. The van der Waals surface area contributed by atoms with Crippen LogP contribution in [0.4, 0.5) is 0 Å². The fraction of sp³-hybridized carbons (Fsp3) is 0.533. The number of fused-ring (bicyclic) bond motifs is 1. The summed E-state index contributed by atoms with van der Waals surface area (Å²) >= 11 is 0. The molecule has 2 rings (SSSR count). The highest BCUT2D eigenvalue weighted by Crippen LogP contribution is 2.29. The lowest BCUT2D eigenvalue weighted by Gasteiger charge is -2.34. The van der Waals surface area contributed by atoms with E-state index in [1.807, 2.05) is 6.07 Å². The van der Waals surface area contributed by atoms with Crippen LogP contribution in [-0.2, 0) is 11.2 Å². The Labute approximate surface area is 104 Å². The Morgan fingerprint density at radius 3 is 2.47 bits per heavy atom. The van der Waals surface area contributed by atoms with Gasteiger partial charge in [0.25, 0.3) is 0 Å². The van der Waals surface area contributed by atoms with Crippen molar-refractivity contribution in [2.45, 2.75) is 52.2 Å². The molecule has 0 saturated carbocycles. The van der Waals surface area contributed by atoms with Gasteiger partial charge in [0.1, 0.15) is 5.60 Å².